The number of hydrogen-bond acceptors (Lipinski definition) is 3. The fourth-order valence-electron chi connectivity index (χ4n) is 0.759. The molecule has 2 atom stereocenters. The Morgan fingerprint density at radius 1 is 1.50 bits per heavy atom. The smallest absolute Gasteiger partial charge is 0.332 e. The first-order valence-electron chi connectivity index (χ1n) is 3.88. The van der Waals surface area contributed by atoms with Crippen LogP contribution >= 0.6 is 7.60 Å². The van der Waals surface area contributed by atoms with Crippen LogP contribution in [0.1, 0.15) is 13.8 Å². The van der Waals surface area contributed by atoms with Crippen LogP contribution in [0.25, 0.3) is 0 Å². The molecule has 0 heterocycles. The van der Waals surface area contributed by atoms with Gasteiger partial charge in [-0.25, -0.2) is 0 Å². The highest BCUT2D eigenvalue weighted by Gasteiger charge is 2.26. The van der Waals surface area contributed by atoms with Gasteiger partial charge in [0.25, 0.3) is 0 Å². The number of allylic oxidation sites excluding steroid dienone is 1. The highest BCUT2D eigenvalue weighted by Crippen LogP contribution is 2.44. The van der Waals surface area contributed by atoms with E-state index >= 15 is 0 Å². The van der Waals surface area contributed by atoms with E-state index in [2.05, 4.69) is 0 Å². The van der Waals surface area contributed by atoms with Crippen molar-refractivity contribution in [1.82, 2.24) is 0 Å². The van der Waals surface area contributed by atoms with Crippen molar-refractivity contribution >= 4 is 13.6 Å². The fraction of sp³-hybridized carbons (Fsp3) is 0.571. The molecular formula is C7H14NO5P. The molecule has 0 aliphatic rings. The minimum atomic E-state index is -4.22. The third-order valence-electron chi connectivity index (χ3n) is 1.89. The number of aliphatic carboxylic acids is 1. The molecule has 14 heavy (non-hydrogen) atoms. The molecule has 2 unspecified atom stereocenters. The highest BCUT2D eigenvalue weighted by atomic mass is 31.2. The van der Waals surface area contributed by atoms with Crippen molar-refractivity contribution in [3.05, 3.63) is 11.6 Å². The van der Waals surface area contributed by atoms with Gasteiger partial charge in [-0.15, -0.1) is 0 Å². The molecule has 0 aromatic rings. The summed E-state index contributed by atoms with van der Waals surface area (Å²) in [7, 11) is -4.22. The summed E-state index contributed by atoms with van der Waals surface area (Å²) < 4.78 is 10.8. The van der Waals surface area contributed by atoms with Crippen LogP contribution in [0.3, 0.4) is 0 Å². The molecular weight excluding hydrogens is 209 g/mol. The lowest BCUT2D eigenvalue weighted by molar-refractivity contribution is -0.137. The Morgan fingerprint density at radius 2 is 1.93 bits per heavy atom. The summed E-state index contributed by atoms with van der Waals surface area (Å²) in [5.74, 6) is -1.23. The maximum Gasteiger partial charge on any atom is 0.332 e. The molecule has 0 aromatic carbocycles. The SMILES string of the molecule is CC(=CC(N)C(=O)O)C(C)P(=O)(O)O. The predicted molar refractivity (Wildman–Crippen MR) is 50.9 cm³/mol. The van der Waals surface area contributed by atoms with Crippen LogP contribution in [0.2, 0.25) is 0 Å². The van der Waals surface area contributed by atoms with Crippen molar-refractivity contribution in [1.29, 1.82) is 0 Å². The Morgan fingerprint density at radius 3 is 2.21 bits per heavy atom. The lowest BCUT2D eigenvalue weighted by Crippen LogP contribution is -2.28. The molecule has 0 bridgehead atoms. The Kier molecular flexibility index (Phi) is 4.48. The number of carboxylic acids is 1. The number of carbonyl (C=O) groups is 1. The van der Waals surface area contributed by atoms with Gasteiger partial charge >= 0.3 is 13.6 Å². The maximum atomic E-state index is 10.8. The third-order valence-corrected chi connectivity index (χ3v) is 3.31. The molecule has 5 N–H and O–H groups in total. The van der Waals surface area contributed by atoms with Gasteiger partial charge in [-0.2, -0.15) is 0 Å². The van der Waals surface area contributed by atoms with Gasteiger partial charge in [0.2, 0.25) is 0 Å². The van der Waals surface area contributed by atoms with Crippen molar-refractivity contribution in [3.8, 4) is 0 Å². The number of hydrogen-bond donors (Lipinski definition) is 4. The lowest BCUT2D eigenvalue weighted by Gasteiger charge is -2.14. The molecule has 0 rings (SSSR count). The van der Waals surface area contributed by atoms with Crippen LogP contribution in [0, 0.1) is 0 Å². The summed E-state index contributed by atoms with van der Waals surface area (Å²) in [6.07, 6.45) is 1.13. The van der Waals surface area contributed by atoms with E-state index in [1.807, 2.05) is 0 Å². The second-order valence-corrected chi connectivity index (χ2v) is 4.99. The zero-order valence-electron chi connectivity index (χ0n) is 7.91. The average molecular weight is 223 g/mol. The van der Waals surface area contributed by atoms with E-state index in [-0.39, 0.29) is 5.57 Å². The van der Waals surface area contributed by atoms with E-state index in [1.165, 1.54) is 13.8 Å². The summed E-state index contributed by atoms with van der Waals surface area (Å²) in [5, 5.41) is 8.45. The highest BCUT2D eigenvalue weighted by molar-refractivity contribution is 7.52. The first-order chi connectivity index (χ1) is 6.16. The van der Waals surface area contributed by atoms with E-state index in [0.717, 1.165) is 6.08 Å². The molecule has 0 radical (unpaired) electrons. The van der Waals surface area contributed by atoms with Gasteiger partial charge in [0.05, 0.1) is 5.66 Å². The van der Waals surface area contributed by atoms with Gasteiger partial charge in [-0.1, -0.05) is 11.6 Å². The van der Waals surface area contributed by atoms with Crippen molar-refractivity contribution in [2.75, 3.05) is 0 Å². The number of carboxylic acid groups (broad SMARTS) is 1. The minimum Gasteiger partial charge on any atom is -0.480 e. The number of nitrogens with two attached hydrogens (primary N) is 1. The predicted octanol–water partition coefficient (Wildman–Crippen LogP) is -0.0892. The Balaban J connectivity index is 4.70. The van der Waals surface area contributed by atoms with Crippen molar-refractivity contribution in [3.63, 3.8) is 0 Å². The van der Waals surface area contributed by atoms with E-state index in [4.69, 9.17) is 20.6 Å². The molecule has 0 aliphatic carbocycles. The molecule has 0 amide bonds. The molecule has 0 fully saturated rings. The zero-order chi connectivity index (χ0) is 11.5. The standard InChI is InChI=1S/C7H14NO5P/c1-4(3-6(8)7(9)10)5(2)14(11,12)13/h3,5-6H,8H2,1-2H3,(H,9,10)(H2,11,12,13). The van der Waals surface area contributed by atoms with Crippen LogP contribution in [0.15, 0.2) is 11.6 Å². The molecule has 0 aliphatic heterocycles. The Hall–Kier alpha value is -0.680. The van der Waals surface area contributed by atoms with E-state index < -0.39 is 25.3 Å². The van der Waals surface area contributed by atoms with Crippen LogP contribution in [0.5, 0.6) is 0 Å². The van der Waals surface area contributed by atoms with Gasteiger partial charge in [-0.05, 0) is 13.8 Å². The minimum absolute atomic E-state index is 0.272. The third kappa shape index (κ3) is 4.02. The Labute approximate surface area is 81.6 Å². The fourth-order valence-corrected chi connectivity index (χ4v) is 1.38. The van der Waals surface area contributed by atoms with Gasteiger partial charge in [0, 0.05) is 0 Å². The van der Waals surface area contributed by atoms with Gasteiger partial charge in [-0.3, -0.25) is 9.36 Å². The second-order valence-electron chi connectivity index (χ2n) is 3.04. The lowest BCUT2D eigenvalue weighted by atomic mass is 10.1. The van der Waals surface area contributed by atoms with Crippen molar-refractivity contribution in [2.45, 2.75) is 25.5 Å². The van der Waals surface area contributed by atoms with Crippen LogP contribution in [-0.4, -0.2) is 32.6 Å². The quantitative estimate of drug-likeness (QED) is 0.390. The average Bonchev–Trinajstić information content (AvgIpc) is 2.00. The molecule has 0 aromatic heterocycles. The molecule has 7 heteroatoms. The second kappa shape index (κ2) is 4.70. The van der Waals surface area contributed by atoms with Crippen molar-refractivity contribution in [2.24, 2.45) is 5.73 Å². The zero-order valence-corrected chi connectivity index (χ0v) is 8.81. The Bertz CT molecular complexity index is 294. The summed E-state index contributed by atoms with van der Waals surface area (Å²) >= 11 is 0. The molecule has 0 spiro atoms. The van der Waals surface area contributed by atoms with Crippen molar-refractivity contribution < 1.29 is 24.3 Å². The molecule has 6 nitrogen and oxygen atoms in total. The largest absolute Gasteiger partial charge is 0.480 e. The van der Waals surface area contributed by atoms with Crippen LogP contribution in [0.4, 0.5) is 0 Å². The first-order valence-corrected chi connectivity index (χ1v) is 5.56. The topological polar surface area (TPSA) is 121 Å². The first kappa shape index (κ1) is 13.3. The van der Waals surface area contributed by atoms with Crippen LogP contribution < -0.4 is 5.73 Å². The number of rotatable bonds is 4. The van der Waals surface area contributed by atoms with Gasteiger partial charge in [0.15, 0.2) is 0 Å². The van der Waals surface area contributed by atoms with E-state index in [9.17, 15) is 9.36 Å². The molecule has 0 saturated heterocycles. The monoisotopic (exact) mass is 223 g/mol. The van der Waals surface area contributed by atoms with Gasteiger partial charge < -0.3 is 20.6 Å². The summed E-state index contributed by atoms with van der Waals surface area (Å²) in [5.41, 5.74) is 4.43. The normalized spacial score (nSPS) is 17.6. The summed E-state index contributed by atoms with van der Waals surface area (Å²) in [6, 6.07) is -1.23. The van der Waals surface area contributed by atoms with E-state index in [1.54, 1.807) is 0 Å². The maximum absolute atomic E-state index is 10.8. The van der Waals surface area contributed by atoms with E-state index in [0.29, 0.717) is 0 Å². The molecule has 82 valence electrons. The molecule has 0 saturated carbocycles. The summed E-state index contributed by atoms with van der Waals surface area (Å²) in [6.45, 7) is 2.76. The summed E-state index contributed by atoms with van der Waals surface area (Å²) in [4.78, 5) is 27.9. The van der Waals surface area contributed by atoms with Crippen LogP contribution in [-0.2, 0) is 9.36 Å². The van der Waals surface area contributed by atoms with Gasteiger partial charge in [0.1, 0.15) is 6.04 Å².